The summed E-state index contributed by atoms with van der Waals surface area (Å²) >= 11 is 0. The third kappa shape index (κ3) is 4.16. The van der Waals surface area contributed by atoms with Crippen molar-refractivity contribution in [2.75, 3.05) is 0 Å². The predicted octanol–water partition coefficient (Wildman–Crippen LogP) is 4.65. The highest BCUT2D eigenvalue weighted by atomic mass is 14.8. The monoisotopic (exact) mass is 264 g/mol. The third-order valence-corrected chi connectivity index (χ3v) is 3.25. The van der Waals surface area contributed by atoms with E-state index in [-0.39, 0.29) is 12.1 Å². The van der Waals surface area contributed by atoms with Crippen LogP contribution in [0.2, 0.25) is 0 Å². The summed E-state index contributed by atoms with van der Waals surface area (Å²) in [6.07, 6.45) is 3.58. The fourth-order valence-corrected chi connectivity index (χ4v) is 1.97. The molecule has 0 heterocycles. The molecule has 0 aliphatic carbocycles. The Morgan fingerprint density at radius 3 is 1.35 bits per heavy atom. The summed E-state index contributed by atoms with van der Waals surface area (Å²) in [6.45, 7) is 4.17. The first-order valence-electron chi connectivity index (χ1n) is 6.92. The number of aliphatic imine (C=N–C) groups is 2. The fourth-order valence-electron chi connectivity index (χ4n) is 1.97. The summed E-state index contributed by atoms with van der Waals surface area (Å²) in [6, 6.07) is 20.9. The van der Waals surface area contributed by atoms with Crippen LogP contribution >= 0.6 is 0 Å². The Balaban J connectivity index is 1.91. The van der Waals surface area contributed by atoms with Gasteiger partial charge in [-0.3, -0.25) is 9.98 Å². The molecule has 2 aromatic carbocycles. The van der Waals surface area contributed by atoms with E-state index in [0.717, 1.165) is 0 Å². The molecule has 0 aromatic heterocycles. The second-order valence-electron chi connectivity index (χ2n) is 4.77. The Morgan fingerprint density at radius 2 is 1.00 bits per heavy atom. The van der Waals surface area contributed by atoms with E-state index in [1.54, 1.807) is 12.4 Å². The number of hydrogen-bond donors (Lipinski definition) is 0. The van der Waals surface area contributed by atoms with Gasteiger partial charge in [0.1, 0.15) is 0 Å². The van der Waals surface area contributed by atoms with Crippen LogP contribution in [0.5, 0.6) is 0 Å². The lowest BCUT2D eigenvalue weighted by Crippen LogP contribution is -1.92. The normalized spacial score (nSPS) is 14.7. The van der Waals surface area contributed by atoms with Gasteiger partial charge < -0.3 is 0 Å². The van der Waals surface area contributed by atoms with Crippen molar-refractivity contribution in [1.82, 2.24) is 0 Å². The first kappa shape index (κ1) is 14.2. The van der Waals surface area contributed by atoms with Crippen molar-refractivity contribution in [3.63, 3.8) is 0 Å². The minimum Gasteiger partial charge on any atom is -0.284 e. The molecule has 0 aliphatic rings. The average molecular weight is 264 g/mol. The zero-order valence-corrected chi connectivity index (χ0v) is 12.0. The predicted molar refractivity (Wildman–Crippen MR) is 86.7 cm³/mol. The van der Waals surface area contributed by atoms with E-state index in [1.807, 2.05) is 36.4 Å². The first-order chi connectivity index (χ1) is 9.77. The molecule has 0 bridgehead atoms. The second-order valence-corrected chi connectivity index (χ2v) is 4.77. The van der Waals surface area contributed by atoms with Crippen LogP contribution < -0.4 is 0 Å². The molecule has 0 N–H and O–H groups in total. The van der Waals surface area contributed by atoms with E-state index in [0.29, 0.717) is 0 Å². The van der Waals surface area contributed by atoms with Crippen molar-refractivity contribution in [2.24, 2.45) is 9.98 Å². The van der Waals surface area contributed by atoms with Crippen LogP contribution in [0.4, 0.5) is 0 Å². The van der Waals surface area contributed by atoms with Crippen LogP contribution in [0.15, 0.2) is 70.6 Å². The molecule has 102 valence electrons. The van der Waals surface area contributed by atoms with Gasteiger partial charge in [0.25, 0.3) is 0 Å². The molecule has 0 fully saturated rings. The largest absolute Gasteiger partial charge is 0.284 e. The van der Waals surface area contributed by atoms with Crippen LogP contribution in [-0.2, 0) is 0 Å². The van der Waals surface area contributed by atoms with E-state index in [4.69, 9.17) is 0 Å². The average Bonchev–Trinajstić information content (AvgIpc) is 2.53. The summed E-state index contributed by atoms with van der Waals surface area (Å²) in [7, 11) is 0. The van der Waals surface area contributed by atoms with E-state index in [9.17, 15) is 0 Å². The van der Waals surface area contributed by atoms with Crippen molar-refractivity contribution in [3.8, 4) is 0 Å². The van der Waals surface area contributed by atoms with Crippen molar-refractivity contribution in [3.05, 3.63) is 71.8 Å². The van der Waals surface area contributed by atoms with Gasteiger partial charge in [-0.25, -0.2) is 0 Å². The molecule has 2 rings (SSSR count). The van der Waals surface area contributed by atoms with Gasteiger partial charge in [0.2, 0.25) is 0 Å². The van der Waals surface area contributed by atoms with Crippen LogP contribution in [0.1, 0.15) is 37.1 Å². The van der Waals surface area contributed by atoms with E-state index >= 15 is 0 Å². The van der Waals surface area contributed by atoms with Crippen LogP contribution in [0.3, 0.4) is 0 Å². The van der Waals surface area contributed by atoms with Crippen molar-refractivity contribution >= 4 is 12.4 Å². The third-order valence-electron chi connectivity index (χ3n) is 3.25. The molecule has 2 aromatic rings. The molecule has 0 amide bonds. The van der Waals surface area contributed by atoms with Gasteiger partial charge in [-0.05, 0) is 25.0 Å². The fraction of sp³-hybridized carbons (Fsp3) is 0.222. The molecule has 2 nitrogen and oxygen atoms in total. The number of benzene rings is 2. The van der Waals surface area contributed by atoms with E-state index < -0.39 is 0 Å². The van der Waals surface area contributed by atoms with Gasteiger partial charge in [0.15, 0.2) is 0 Å². The Hall–Kier alpha value is -2.22. The minimum absolute atomic E-state index is 0.162. The molecular formula is C18H20N2. The standard InChI is InChI=1S/C18H20N2/c1-15(17-9-5-3-6-10-17)19-13-14-20-16(2)18-11-7-4-8-12-18/h3-16H,1-2H3. The maximum atomic E-state index is 4.49. The summed E-state index contributed by atoms with van der Waals surface area (Å²) in [5.74, 6) is 0. The molecule has 2 heteroatoms. The smallest absolute Gasteiger partial charge is 0.0721 e. The van der Waals surface area contributed by atoms with Gasteiger partial charge in [-0.2, -0.15) is 0 Å². The number of nitrogens with zero attached hydrogens (tertiary/aromatic N) is 2. The zero-order valence-electron chi connectivity index (χ0n) is 12.0. The quantitative estimate of drug-likeness (QED) is 0.702. The number of rotatable bonds is 5. The van der Waals surface area contributed by atoms with Gasteiger partial charge in [0, 0.05) is 12.4 Å². The summed E-state index contributed by atoms with van der Waals surface area (Å²) in [5, 5.41) is 0. The SMILES string of the molecule is CC(N=CC=NC(C)c1ccccc1)c1ccccc1. The Kier molecular flexibility index (Phi) is 5.24. The molecule has 0 aliphatic heterocycles. The Morgan fingerprint density at radius 1 is 0.650 bits per heavy atom. The topological polar surface area (TPSA) is 24.7 Å². The molecule has 0 radical (unpaired) electrons. The highest BCUT2D eigenvalue weighted by Crippen LogP contribution is 2.16. The molecule has 2 atom stereocenters. The van der Waals surface area contributed by atoms with Crippen LogP contribution in [0, 0.1) is 0 Å². The molecule has 20 heavy (non-hydrogen) atoms. The van der Waals surface area contributed by atoms with Gasteiger partial charge in [-0.15, -0.1) is 0 Å². The highest BCUT2D eigenvalue weighted by Gasteiger charge is 2.00. The lowest BCUT2D eigenvalue weighted by Gasteiger charge is -2.06. The summed E-state index contributed by atoms with van der Waals surface area (Å²) in [5.41, 5.74) is 2.43. The maximum absolute atomic E-state index is 4.49. The van der Waals surface area contributed by atoms with E-state index in [2.05, 4.69) is 48.1 Å². The minimum atomic E-state index is 0.162. The van der Waals surface area contributed by atoms with Gasteiger partial charge >= 0.3 is 0 Å². The Bertz CT molecular complexity index is 505. The zero-order chi connectivity index (χ0) is 14.2. The maximum Gasteiger partial charge on any atom is 0.0721 e. The van der Waals surface area contributed by atoms with Crippen molar-refractivity contribution in [2.45, 2.75) is 25.9 Å². The van der Waals surface area contributed by atoms with Crippen molar-refractivity contribution < 1.29 is 0 Å². The van der Waals surface area contributed by atoms with Crippen LogP contribution in [-0.4, -0.2) is 12.4 Å². The van der Waals surface area contributed by atoms with Crippen LogP contribution in [0.25, 0.3) is 0 Å². The molecule has 0 saturated heterocycles. The molecule has 2 unspecified atom stereocenters. The molecular weight excluding hydrogens is 244 g/mol. The van der Waals surface area contributed by atoms with Gasteiger partial charge in [0.05, 0.1) is 12.1 Å². The lowest BCUT2D eigenvalue weighted by molar-refractivity contribution is 0.820. The molecule has 0 saturated carbocycles. The summed E-state index contributed by atoms with van der Waals surface area (Å²) < 4.78 is 0. The number of hydrogen-bond acceptors (Lipinski definition) is 2. The van der Waals surface area contributed by atoms with Crippen molar-refractivity contribution in [1.29, 1.82) is 0 Å². The molecule has 0 spiro atoms. The summed E-state index contributed by atoms with van der Waals surface area (Å²) in [4.78, 5) is 8.97. The lowest BCUT2D eigenvalue weighted by atomic mass is 10.1. The Labute approximate surface area is 120 Å². The highest BCUT2D eigenvalue weighted by molar-refractivity contribution is 6.16. The second kappa shape index (κ2) is 7.39. The van der Waals surface area contributed by atoms with E-state index in [1.165, 1.54) is 11.1 Å². The van der Waals surface area contributed by atoms with Gasteiger partial charge in [-0.1, -0.05) is 60.7 Å². The first-order valence-corrected chi connectivity index (χ1v) is 6.92.